The van der Waals surface area contributed by atoms with Gasteiger partial charge in [-0.3, -0.25) is 4.79 Å². The van der Waals surface area contributed by atoms with E-state index in [0.717, 1.165) is 12.0 Å². The Labute approximate surface area is 179 Å². The average molecular weight is 418 g/mol. The number of carbonyl (C=O) groups excluding carboxylic acids is 2. The minimum Gasteiger partial charge on any atom is -0.497 e. The number of anilines is 1. The first-order chi connectivity index (χ1) is 15.1. The van der Waals surface area contributed by atoms with E-state index in [4.69, 9.17) is 9.26 Å². The van der Waals surface area contributed by atoms with Gasteiger partial charge in [-0.05, 0) is 31.4 Å². The van der Waals surface area contributed by atoms with Crippen LogP contribution < -0.4 is 15.0 Å². The number of aromatic nitrogens is 2. The fraction of sp³-hybridized carbons (Fsp3) is 0.304. The Morgan fingerprint density at radius 1 is 1.10 bits per heavy atom. The standard InChI is InChI=1S/C23H22N4O4/c1-30-17-9-5-8-16(13-17)27-22(28)18-11-10-15(12-19(18)24-23(27)29)21-25-20(26-31-21)14-6-3-2-4-7-14/h2-9,13,15,18-19H,10-12H2,1H3,(H,24,29). The molecule has 8 nitrogen and oxygen atoms in total. The summed E-state index contributed by atoms with van der Waals surface area (Å²) in [6, 6.07) is 15.9. The van der Waals surface area contributed by atoms with E-state index in [2.05, 4.69) is 15.5 Å². The van der Waals surface area contributed by atoms with Crippen LogP contribution in [0.4, 0.5) is 10.5 Å². The third-order valence-corrected chi connectivity index (χ3v) is 6.03. The number of amides is 3. The predicted molar refractivity (Wildman–Crippen MR) is 113 cm³/mol. The van der Waals surface area contributed by atoms with Crippen molar-refractivity contribution in [1.29, 1.82) is 0 Å². The first-order valence-corrected chi connectivity index (χ1v) is 10.3. The number of hydrogen-bond donors (Lipinski definition) is 1. The van der Waals surface area contributed by atoms with Gasteiger partial charge in [0, 0.05) is 23.6 Å². The summed E-state index contributed by atoms with van der Waals surface area (Å²) < 4.78 is 10.8. The maximum absolute atomic E-state index is 13.2. The van der Waals surface area contributed by atoms with E-state index in [1.807, 2.05) is 30.3 Å². The number of rotatable bonds is 4. The SMILES string of the molecule is COc1cccc(N2C(=O)NC3CC(c4nc(-c5ccccc5)no4)CCC3C2=O)c1. The van der Waals surface area contributed by atoms with Gasteiger partial charge in [-0.15, -0.1) is 0 Å². The quantitative estimate of drug-likeness (QED) is 0.693. The first-order valence-electron chi connectivity index (χ1n) is 10.3. The molecular formula is C23H22N4O4. The maximum atomic E-state index is 13.2. The van der Waals surface area contributed by atoms with Gasteiger partial charge in [0.2, 0.25) is 17.6 Å². The molecule has 158 valence electrons. The summed E-state index contributed by atoms with van der Waals surface area (Å²) in [5.74, 6) is 1.23. The van der Waals surface area contributed by atoms with Gasteiger partial charge < -0.3 is 14.6 Å². The second kappa shape index (κ2) is 7.86. The molecule has 1 aromatic heterocycles. The number of hydrogen-bond acceptors (Lipinski definition) is 6. The fourth-order valence-electron chi connectivity index (χ4n) is 4.44. The summed E-state index contributed by atoms with van der Waals surface area (Å²) in [5.41, 5.74) is 1.40. The van der Waals surface area contributed by atoms with Crippen LogP contribution in [0, 0.1) is 5.92 Å². The zero-order valence-electron chi connectivity index (χ0n) is 17.0. The molecule has 1 aliphatic carbocycles. The molecule has 0 bridgehead atoms. The molecule has 2 aliphatic rings. The third kappa shape index (κ3) is 3.54. The molecule has 1 saturated carbocycles. The van der Waals surface area contributed by atoms with Gasteiger partial charge in [0.15, 0.2) is 0 Å². The predicted octanol–water partition coefficient (Wildman–Crippen LogP) is 3.75. The molecule has 3 unspecified atom stereocenters. The molecule has 31 heavy (non-hydrogen) atoms. The molecule has 3 atom stereocenters. The molecule has 0 spiro atoms. The Hall–Kier alpha value is -3.68. The number of imide groups is 1. The lowest BCUT2D eigenvalue weighted by molar-refractivity contribution is -0.124. The topological polar surface area (TPSA) is 97.6 Å². The second-order valence-electron chi connectivity index (χ2n) is 7.87. The number of carbonyl (C=O) groups is 2. The molecule has 1 N–H and O–H groups in total. The molecule has 1 saturated heterocycles. The van der Waals surface area contributed by atoms with Crippen molar-refractivity contribution in [2.75, 3.05) is 12.0 Å². The number of nitrogens with one attached hydrogen (secondary N) is 1. The summed E-state index contributed by atoms with van der Waals surface area (Å²) >= 11 is 0. The second-order valence-corrected chi connectivity index (χ2v) is 7.87. The maximum Gasteiger partial charge on any atom is 0.328 e. The molecular weight excluding hydrogens is 396 g/mol. The van der Waals surface area contributed by atoms with Crippen molar-refractivity contribution >= 4 is 17.6 Å². The summed E-state index contributed by atoms with van der Waals surface area (Å²) in [7, 11) is 1.55. The van der Waals surface area contributed by atoms with Gasteiger partial charge in [-0.25, -0.2) is 9.69 Å². The largest absolute Gasteiger partial charge is 0.497 e. The van der Waals surface area contributed by atoms with Crippen LogP contribution in [0.2, 0.25) is 0 Å². The number of ether oxygens (including phenoxy) is 1. The Morgan fingerprint density at radius 3 is 2.74 bits per heavy atom. The molecule has 3 aromatic rings. The van der Waals surface area contributed by atoms with E-state index in [1.165, 1.54) is 4.90 Å². The van der Waals surface area contributed by atoms with Crippen LogP contribution in [-0.4, -0.2) is 35.2 Å². The highest BCUT2D eigenvalue weighted by Gasteiger charge is 2.46. The Kier molecular flexibility index (Phi) is 4.89. The first kappa shape index (κ1) is 19.3. The highest BCUT2D eigenvalue weighted by atomic mass is 16.5. The number of urea groups is 1. The normalized spacial score (nSPS) is 23.3. The van der Waals surface area contributed by atoms with Crippen LogP contribution in [0.5, 0.6) is 5.75 Å². The van der Waals surface area contributed by atoms with Crippen LogP contribution in [0.15, 0.2) is 59.1 Å². The van der Waals surface area contributed by atoms with E-state index in [-0.39, 0.29) is 23.8 Å². The van der Waals surface area contributed by atoms with Crippen molar-refractivity contribution in [2.24, 2.45) is 5.92 Å². The van der Waals surface area contributed by atoms with Gasteiger partial charge in [-0.2, -0.15) is 4.98 Å². The van der Waals surface area contributed by atoms with E-state index < -0.39 is 6.03 Å². The van der Waals surface area contributed by atoms with Gasteiger partial charge in [-0.1, -0.05) is 41.6 Å². The van der Waals surface area contributed by atoms with Crippen LogP contribution in [-0.2, 0) is 4.79 Å². The van der Waals surface area contributed by atoms with E-state index in [9.17, 15) is 9.59 Å². The average Bonchev–Trinajstić information content (AvgIpc) is 3.30. The van der Waals surface area contributed by atoms with Crippen molar-refractivity contribution < 1.29 is 18.8 Å². The van der Waals surface area contributed by atoms with Crippen molar-refractivity contribution in [3.63, 3.8) is 0 Å². The van der Waals surface area contributed by atoms with Gasteiger partial charge in [0.25, 0.3) is 0 Å². The van der Waals surface area contributed by atoms with Crippen molar-refractivity contribution in [1.82, 2.24) is 15.5 Å². The number of methoxy groups -OCH3 is 1. The molecule has 3 amide bonds. The Morgan fingerprint density at radius 2 is 1.94 bits per heavy atom. The Bertz CT molecular complexity index is 1110. The van der Waals surface area contributed by atoms with Gasteiger partial charge >= 0.3 is 6.03 Å². The van der Waals surface area contributed by atoms with Gasteiger partial charge in [0.05, 0.1) is 18.7 Å². The number of nitrogens with zero attached hydrogens (tertiary/aromatic N) is 3. The smallest absolute Gasteiger partial charge is 0.328 e. The monoisotopic (exact) mass is 418 g/mol. The van der Waals surface area contributed by atoms with Crippen LogP contribution in [0.3, 0.4) is 0 Å². The fourth-order valence-corrected chi connectivity index (χ4v) is 4.44. The summed E-state index contributed by atoms with van der Waals surface area (Å²) in [4.78, 5) is 31.7. The van der Waals surface area contributed by atoms with Crippen molar-refractivity contribution in [2.45, 2.75) is 31.2 Å². The van der Waals surface area contributed by atoms with Crippen molar-refractivity contribution in [3.05, 3.63) is 60.5 Å². The van der Waals surface area contributed by atoms with E-state index in [1.54, 1.807) is 31.4 Å². The minimum absolute atomic E-state index is 0.00248. The van der Waals surface area contributed by atoms with Crippen LogP contribution >= 0.6 is 0 Å². The zero-order chi connectivity index (χ0) is 21.4. The highest BCUT2D eigenvalue weighted by molar-refractivity contribution is 6.17. The van der Waals surface area contributed by atoms with Crippen molar-refractivity contribution in [3.8, 4) is 17.1 Å². The zero-order valence-corrected chi connectivity index (χ0v) is 17.0. The summed E-state index contributed by atoms with van der Waals surface area (Å²) in [6.45, 7) is 0. The summed E-state index contributed by atoms with van der Waals surface area (Å²) in [6.07, 6.45) is 1.97. The lowest BCUT2D eigenvalue weighted by atomic mass is 9.76. The number of fused-ring (bicyclic) bond motifs is 1. The molecule has 2 fully saturated rings. The van der Waals surface area contributed by atoms with Crippen LogP contribution in [0.25, 0.3) is 11.4 Å². The number of benzene rings is 2. The van der Waals surface area contributed by atoms with E-state index >= 15 is 0 Å². The summed E-state index contributed by atoms with van der Waals surface area (Å²) in [5, 5.41) is 7.11. The van der Waals surface area contributed by atoms with Crippen LogP contribution in [0.1, 0.15) is 31.1 Å². The minimum atomic E-state index is -0.421. The highest BCUT2D eigenvalue weighted by Crippen LogP contribution is 2.39. The lowest BCUT2D eigenvalue weighted by Crippen LogP contribution is -2.61. The molecule has 2 heterocycles. The molecule has 5 rings (SSSR count). The molecule has 8 heteroatoms. The van der Waals surface area contributed by atoms with Gasteiger partial charge in [0.1, 0.15) is 5.75 Å². The molecule has 0 radical (unpaired) electrons. The van der Waals surface area contributed by atoms with E-state index in [0.29, 0.717) is 36.0 Å². The molecule has 2 aromatic carbocycles. The molecule has 1 aliphatic heterocycles. The third-order valence-electron chi connectivity index (χ3n) is 6.03. The lowest BCUT2D eigenvalue weighted by Gasteiger charge is -2.41. The Balaban J connectivity index is 1.33.